The van der Waals surface area contributed by atoms with Crippen LogP contribution in [0.15, 0.2) is 18.2 Å². The molecule has 0 aliphatic heterocycles. The van der Waals surface area contributed by atoms with Crippen LogP contribution in [-0.2, 0) is 0 Å². The molecule has 0 aromatic heterocycles. The second kappa shape index (κ2) is 7.61. The SMILES string of the molecule is CCCNc1cccc(NC(CC)CC)c1[N+](=O)[O-]. The van der Waals surface area contributed by atoms with Gasteiger partial charge in [-0.2, -0.15) is 0 Å². The maximum Gasteiger partial charge on any atom is 0.315 e. The van der Waals surface area contributed by atoms with Crippen molar-refractivity contribution in [1.82, 2.24) is 0 Å². The molecule has 0 amide bonds. The predicted octanol–water partition coefficient (Wildman–Crippen LogP) is 4.02. The summed E-state index contributed by atoms with van der Waals surface area (Å²) in [6.07, 6.45) is 2.82. The molecule has 0 aliphatic carbocycles. The van der Waals surface area contributed by atoms with Gasteiger partial charge in [0.2, 0.25) is 0 Å². The van der Waals surface area contributed by atoms with Crippen molar-refractivity contribution in [1.29, 1.82) is 0 Å². The lowest BCUT2D eigenvalue weighted by Crippen LogP contribution is -2.18. The van der Waals surface area contributed by atoms with Gasteiger partial charge >= 0.3 is 5.69 Å². The summed E-state index contributed by atoms with van der Waals surface area (Å²) in [5.74, 6) is 0. The van der Waals surface area contributed by atoms with E-state index in [2.05, 4.69) is 24.5 Å². The van der Waals surface area contributed by atoms with Gasteiger partial charge in [0.25, 0.3) is 0 Å². The molecule has 0 fully saturated rings. The van der Waals surface area contributed by atoms with Gasteiger partial charge in [0.05, 0.1) is 4.92 Å². The highest BCUT2D eigenvalue weighted by Crippen LogP contribution is 2.33. The van der Waals surface area contributed by atoms with E-state index < -0.39 is 0 Å². The van der Waals surface area contributed by atoms with Crippen molar-refractivity contribution in [3.63, 3.8) is 0 Å². The standard InChI is InChI=1S/C14H23N3O2/c1-4-10-15-12-8-7-9-13(14(12)17(18)19)16-11(5-2)6-3/h7-9,11,15-16H,4-6,10H2,1-3H3. The number of anilines is 2. The lowest BCUT2D eigenvalue weighted by atomic mass is 10.1. The molecule has 0 heterocycles. The van der Waals surface area contributed by atoms with Crippen molar-refractivity contribution in [2.24, 2.45) is 0 Å². The number of benzene rings is 1. The molecule has 0 atom stereocenters. The van der Waals surface area contributed by atoms with Gasteiger partial charge in [0.15, 0.2) is 0 Å². The fourth-order valence-electron chi connectivity index (χ4n) is 1.97. The van der Waals surface area contributed by atoms with Gasteiger partial charge in [-0.1, -0.05) is 26.8 Å². The lowest BCUT2D eigenvalue weighted by Gasteiger charge is -2.17. The molecule has 0 bridgehead atoms. The number of nitrogens with one attached hydrogen (secondary N) is 2. The van der Waals surface area contributed by atoms with Crippen LogP contribution in [-0.4, -0.2) is 17.5 Å². The molecular formula is C14H23N3O2. The van der Waals surface area contributed by atoms with Gasteiger partial charge in [0.1, 0.15) is 11.4 Å². The van der Waals surface area contributed by atoms with Crippen molar-refractivity contribution in [3.05, 3.63) is 28.3 Å². The maximum absolute atomic E-state index is 11.3. The van der Waals surface area contributed by atoms with Crippen LogP contribution < -0.4 is 10.6 Å². The molecule has 106 valence electrons. The minimum absolute atomic E-state index is 0.142. The summed E-state index contributed by atoms with van der Waals surface area (Å²) in [7, 11) is 0. The minimum atomic E-state index is -0.317. The highest BCUT2D eigenvalue weighted by atomic mass is 16.6. The molecule has 0 radical (unpaired) electrons. The van der Waals surface area contributed by atoms with Gasteiger partial charge in [-0.25, -0.2) is 0 Å². The molecule has 0 spiro atoms. The van der Waals surface area contributed by atoms with Crippen LogP contribution in [0.4, 0.5) is 17.1 Å². The highest BCUT2D eigenvalue weighted by Gasteiger charge is 2.20. The van der Waals surface area contributed by atoms with Crippen LogP contribution in [0.5, 0.6) is 0 Å². The van der Waals surface area contributed by atoms with Crippen LogP contribution in [0.3, 0.4) is 0 Å². The molecule has 2 N–H and O–H groups in total. The predicted molar refractivity (Wildman–Crippen MR) is 79.9 cm³/mol. The molecule has 1 rings (SSSR count). The average Bonchev–Trinajstić information content (AvgIpc) is 2.42. The highest BCUT2D eigenvalue weighted by molar-refractivity contribution is 5.76. The number of nitro groups is 1. The molecule has 0 saturated carbocycles. The Labute approximate surface area is 114 Å². The Hall–Kier alpha value is -1.78. The van der Waals surface area contributed by atoms with E-state index in [1.165, 1.54) is 0 Å². The zero-order valence-corrected chi connectivity index (χ0v) is 11.9. The third-order valence-electron chi connectivity index (χ3n) is 3.13. The number of nitrogens with zero attached hydrogens (tertiary/aromatic N) is 1. The summed E-state index contributed by atoms with van der Waals surface area (Å²) in [5.41, 5.74) is 1.32. The van der Waals surface area contributed by atoms with E-state index >= 15 is 0 Å². The Balaban J connectivity index is 3.05. The van der Waals surface area contributed by atoms with E-state index in [0.717, 1.165) is 25.8 Å². The van der Waals surface area contributed by atoms with Gasteiger partial charge < -0.3 is 10.6 Å². The molecule has 19 heavy (non-hydrogen) atoms. The Morgan fingerprint density at radius 2 is 1.84 bits per heavy atom. The number of hydrogen-bond acceptors (Lipinski definition) is 4. The molecule has 0 saturated heterocycles. The molecule has 0 unspecified atom stereocenters. The van der Waals surface area contributed by atoms with Crippen molar-refractivity contribution >= 4 is 17.1 Å². The van der Waals surface area contributed by atoms with Crippen LogP contribution >= 0.6 is 0 Å². The first-order valence-electron chi connectivity index (χ1n) is 6.91. The average molecular weight is 265 g/mol. The second-order valence-electron chi connectivity index (χ2n) is 4.54. The van der Waals surface area contributed by atoms with E-state index in [9.17, 15) is 10.1 Å². The maximum atomic E-state index is 11.3. The van der Waals surface area contributed by atoms with E-state index in [-0.39, 0.29) is 16.7 Å². The monoisotopic (exact) mass is 265 g/mol. The van der Waals surface area contributed by atoms with Gasteiger partial charge in [-0.05, 0) is 31.4 Å². The molecule has 1 aromatic rings. The Bertz CT molecular complexity index is 417. The summed E-state index contributed by atoms with van der Waals surface area (Å²) < 4.78 is 0. The minimum Gasteiger partial charge on any atom is -0.379 e. The Kier molecular flexibility index (Phi) is 6.12. The van der Waals surface area contributed by atoms with Crippen LogP contribution in [0.25, 0.3) is 0 Å². The van der Waals surface area contributed by atoms with Gasteiger partial charge in [-0.15, -0.1) is 0 Å². The summed E-state index contributed by atoms with van der Waals surface area (Å²) >= 11 is 0. The van der Waals surface area contributed by atoms with Crippen molar-refractivity contribution < 1.29 is 4.92 Å². The van der Waals surface area contributed by atoms with Crippen LogP contribution in [0.1, 0.15) is 40.0 Å². The van der Waals surface area contributed by atoms with Crippen molar-refractivity contribution in [2.45, 2.75) is 46.1 Å². The first-order valence-corrected chi connectivity index (χ1v) is 6.91. The fourth-order valence-corrected chi connectivity index (χ4v) is 1.97. The number of para-hydroxylation sites is 1. The normalized spacial score (nSPS) is 10.5. The third-order valence-corrected chi connectivity index (χ3v) is 3.13. The quantitative estimate of drug-likeness (QED) is 0.550. The first kappa shape index (κ1) is 15.3. The van der Waals surface area contributed by atoms with Gasteiger partial charge in [-0.3, -0.25) is 10.1 Å². The zero-order chi connectivity index (χ0) is 14.3. The van der Waals surface area contributed by atoms with Crippen molar-refractivity contribution in [2.75, 3.05) is 17.2 Å². The lowest BCUT2D eigenvalue weighted by molar-refractivity contribution is -0.383. The Morgan fingerprint density at radius 1 is 1.21 bits per heavy atom. The summed E-state index contributed by atoms with van der Waals surface area (Å²) in [4.78, 5) is 11.0. The second-order valence-corrected chi connectivity index (χ2v) is 4.54. The molecule has 5 heteroatoms. The number of hydrogen-bond donors (Lipinski definition) is 2. The smallest absolute Gasteiger partial charge is 0.315 e. The molecular weight excluding hydrogens is 242 g/mol. The van der Waals surface area contributed by atoms with E-state index in [1.54, 1.807) is 12.1 Å². The topological polar surface area (TPSA) is 67.2 Å². The van der Waals surface area contributed by atoms with E-state index in [0.29, 0.717) is 11.4 Å². The van der Waals surface area contributed by atoms with Crippen molar-refractivity contribution in [3.8, 4) is 0 Å². The summed E-state index contributed by atoms with van der Waals surface area (Å²) in [6.45, 7) is 6.92. The zero-order valence-electron chi connectivity index (χ0n) is 11.9. The molecule has 0 aliphatic rings. The molecule has 5 nitrogen and oxygen atoms in total. The third kappa shape index (κ3) is 4.12. The van der Waals surface area contributed by atoms with Crippen LogP contribution in [0.2, 0.25) is 0 Å². The fraction of sp³-hybridized carbons (Fsp3) is 0.571. The number of nitro benzene ring substituents is 1. The first-order chi connectivity index (χ1) is 9.13. The summed E-state index contributed by atoms with van der Waals surface area (Å²) in [6, 6.07) is 5.63. The Morgan fingerprint density at radius 3 is 2.37 bits per heavy atom. The largest absolute Gasteiger partial charge is 0.379 e. The van der Waals surface area contributed by atoms with E-state index in [4.69, 9.17) is 0 Å². The summed E-state index contributed by atoms with van der Waals surface area (Å²) in [5, 5.41) is 17.7. The van der Waals surface area contributed by atoms with Gasteiger partial charge in [0, 0.05) is 12.6 Å². The number of rotatable bonds is 8. The van der Waals surface area contributed by atoms with Crippen LogP contribution in [0, 0.1) is 10.1 Å². The van der Waals surface area contributed by atoms with E-state index in [1.807, 2.05) is 13.0 Å². The molecule has 1 aromatic carbocycles.